The normalized spacial score (nSPS) is 19.4. The van der Waals surface area contributed by atoms with Crippen molar-refractivity contribution in [2.45, 2.75) is 12.5 Å². The maximum absolute atomic E-state index is 12.1. The fraction of sp³-hybridized carbons (Fsp3) is 0.538. The van der Waals surface area contributed by atoms with Gasteiger partial charge in [-0.15, -0.1) is 0 Å². The molecule has 1 fully saturated rings. The molecule has 1 aliphatic heterocycles. The first-order valence-corrected chi connectivity index (χ1v) is 8.12. The number of nitrogens with zero attached hydrogens (tertiary/aromatic N) is 1. The highest BCUT2D eigenvalue weighted by molar-refractivity contribution is 7.89. The third-order valence-electron chi connectivity index (χ3n) is 3.35. The molecule has 0 aromatic heterocycles. The highest BCUT2D eigenvalue weighted by Gasteiger charge is 2.29. The van der Waals surface area contributed by atoms with Crippen LogP contribution in [-0.2, 0) is 14.8 Å². The average Bonchev–Trinajstić information content (AvgIpc) is 2.94. The van der Waals surface area contributed by atoms with Crippen molar-refractivity contribution in [2.24, 2.45) is 0 Å². The van der Waals surface area contributed by atoms with Gasteiger partial charge in [0.1, 0.15) is 12.4 Å². The number of likely N-dealkylation sites (N-methyl/N-ethyl adjacent to an activating group) is 1. The summed E-state index contributed by atoms with van der Waals surface area (Å²) in [5, 5.41) is 0. The number of hydrogen-bond acceptors (Lipinski definition) is 5. The Hall–Kier alpha value is -1.31. The standard InChI is InChI=1S/C13H20N2O4S/c1-15(12-6-7-18-10-12)20(16,17)9-8-19-13-4-2-11(14)3-5-13/h2-5,12H,6-10,14H2,1H3. The quantitative estimate of drug-likeness (QED) is 0.782. The van der Waals surface area contributed by atoms with Crippen LogP contribution in [0.15, 0.2) is 24.3 Å². The van der Waals surface area contributed by atoms with E-state index in [1.165, 1.54) is 4.31 Å². The molecule has 7 heteroatoms. The molecule has 1 aromatic rings. The molecule has 0 bridgehead atoms. The van der Waals surface area contributed by atoms with Crippen molar-refractivity contribution < 1.29 is 17.9 Å². The van der Waals surface area contributed by atoms with E-state index in [2.05, 4.69) is 0 Å². The molecule has 1 saturated heterocycles. The second-order valence-electron chi connectivity index (χ2n) is 4.77. The molecule has 0 radical (unpaired) electrons. The van der Waals surface area contributed by atoms with Crippen LogP contribution in [0, 0.1) is 0 Å². The molecule has 0 amide bonds. The van der Waals surface area contributed by atoms with Gasteiger partial charge in [-0.2, -0.15) is 4.31 Å². The van der Waals surface area contributed by atoms with Crippen LogP contribution in [0.2, 0.25) is 0 Å². The Kier molecular flexibility index (Phi) is 4.85. The first-order chi connectivity index (χ1) is 9.49. The summed E-state index contributed by atoms with van der Waals surface area (Å²) in [7, 11) is -1.72. The summed E-state index contributed by atoms with van der Waals surface area (Å²) in [4.78, 5) is 0. The lowest BCUT2D eigenvalue weighted by atomic mass is 10.3. The zero-order chi connectivity index (χ0) is 14.6. The maximum atomic E-state index is 12.1. The molecule has 6 nitrogen and oxygen atoms in total. The number of ether oxygens (including phenoxy) is 2. The SMILES string of the molecule is CN(C1CCOC1)S(=O)(=O)CCOc1ccc(N)cc1. The molecule has 2 N–H and O–H groups in total. The van der Waals surface area contributed by atoms with E-state index < -0.39 is 10.0 Å². The Morgan fingerprint density at radius 1 is 1.40 bits per heavy atom. The number of sulfonamides is 1. The minimum atomic E-state index is -3.32. The van der Waals surface area contributed by atoms with Gasteiger partial charge >= 0.3 is 0 Å². The van der Waals surface area contributed by atoms with Gasteiger partial charge in [-0.25, -0.2) is 8.42 Å². The molecule has 0 aliphatic carbocycles. The van der Waals surface area contributed by atoms with Crippen molar-refractivity contribution in [3.8, 4) is 5.75 Å². The third kappa shape index (κ3) is 3.84. The van der Waals surface area contributed by atoms with Crippen molar-refractivity contribution in [3.05, 3.63) is 24.3 Å². The summed E-state index contributed by atoms with van der Waals surface area (Å²) in [5.74, 6) is 0.561. The van der Waals surface area contributed by atoms with Gasteiger partial charge in [0, 0.05) is 19.3 Å². The summed E-state index contributed by atoms with van der Waals surface area (Å²) >= 11 is 0. The number of rotatable bonds is 6. The van der Waals surface area contributed by atoms with E-state index >= 15 is 0 Å². The van der Waals surface area contributed by atoms with Crippen LogP contribution in [-0.4, -0.2) is 51.4 Å². The highest BCUT2D eigenvalue weighted by Crippen LogP contribution is 2.16. The van der Waals surface area contributed by atoms with Gasteiger partial charge in [0.05, 0.1) is 18.4 Å². The monoisotopic (exact) mass is 300 g/mol. The van der Waals surface area contributed by atoms with Crippen LogP contribution in [0.4, 0.5) is 5.69 Å². The van der Waals surface area contributed by atoms with Crippen LogP contribution in [0.1, 0.15) is 6.42 Å². The van der Waals surface area contributed by atoms with E-state index in [9.17, 15) is 8.42 Å². The lowest BCUT2D eigenvalue weighted by molar-refractivity contribution is 0.180. The molecular formula is C13H20N2O4S. The van der Waals surface area contributed by atoms with E-state index in [4.69, 9.17) is 15.2 Å². The predicted molar refractivity (Wildman–Crippen MR) is 77.1 cm³/mol. The number of benzene rings is 1. The van der Waals surface area contributed by atoms with Crippen molar-refractivity contribution in [2.75, 3.05) is 38.4 Å². The zero-order valence-electron chi connectivity index (χ0n) is 11.5. The first kappa shape index (κ1) is 15.1. The number of nitrogens with two attached hydrogens (primary N) is 1. The van der Waals surface area contributed by atoms with Gasteiger partial charge in [0.25, 0.3) is 0 Å². The van der Waals surface area contributed by atoms with Crippen LogP contribution < -0.4 is 10.5 Å². The smallest absolute Gasteiger partial charge is 0.217 e. The number of anilines is 1. The van der Waals surface area contributed by atoms with Crippen LogP contribution >= 0.6 is 0 Å². The van der Waals surface area contributed by atoms with Crippen LogP contribution in [0.25, 0.3) is 0 Å². The fourth-order valence-corrected chi connectivity index (χ4v) is 3.21. The first-order valence-electron chi connectivity index (χ1n) is 6.51. The molecule has 1 aliphatic rings. The van der Waals surface area contributed by atoms with Crippen molar-refractivity contribution in [1.82, 2.24) is 4.31 Å². The fourth-order valence-electron chi connectivity index (χ4n) is 2.01. The second kappa shape index (κ2) is 6.43. The van der Waals surface area contributed by atoms with Crippen molar-refractivity contribution in [3.63, 3.8) is 0 Å². The van der Waals surface area contributed by atoms with Gasteiger partial charge in [0.15, 0.2) is 0 Å². The molecule has 20 heavy (non-hydrogen) atoms. The van der Waals surface area contributed by atoms with Gasteiger partial charge in [-0.05, 0) is 30.7 Å². The van der Waals surface area contributed by atoms with Gasteiger partial charge < -0.3 is 15.2 Å². The van der Waals surface area contributed by atoms with E-state index in [-0.39, 0.29) is 18.4 Å². The zero-order valence-corrected chi connectivity index (χ0v) is 12.3. The summed E-state index contributed by atoms with van der Waals surface area (Å²) in [6, 6.07) is 6.81. The molecule has 0 spiro atoms. The van der Waals surface area contributed by atoms with Crippen molar-refractivity contribution in [1.29, 1.82) is 0 Å². The van der Waals surface area contributed by atoms with Crippen LogP contribution in [0.3, 0.4) is 0 Å². The average molecular weight is 300 g/mol. The Bertz CT molecular complexity index is 524. The second-order valence-corrected chi connectivity index (χ2v) is 6.92. The summed E-state index contributed by atoms with van der Waals surface area (Å²) in [5.41, 5.74) is 6.21. The molecule has 1 heterocycles. The largest absolute Gasteiger partial charge is 0.492 e. The molecule has 1 atom stereocenters. The Balaban J connectivity index is 1.84. The van der Waals surface area contributed by atoms with Crippen molar-refractivity contribution >= 4 is 15.7 Å². The summed E-state index contributed by atoms with van der Waals surface area (Å²) in [6.45, 7) is 1.20. The van der Waals surface area contributed by atoms with Gasteiger partial charge in [-0.3, -0.25) is 0 Å². The van der Waals surface area contributed by atoms with E-state index in [1.807, 2.05) is 0 Å². The minimum absolute atomic E-state index is 0.0512. The lowest BCUT2D eigenvalue weighted by Crippen LogP contribution is -2.39. The van der Waals surface area contributed by atoms with Gasteiger partial charge in [0.2, 0.25) is 10.0 Å². The summed E-state index contributed by atoms with van der Waals surface area (Å²) < 4.78 is 36.3. The van der Waals surface area contributed by atoms with E-state index in [1.54, 1.807) is 31.3 Å². The van der Waals surface area contributed by atoms with E-state index in [0.717, 1.165) is 6.42 Å². The lowest BCUT2D eigenvalue weighted by Gasteiger charge is -2.22. The minimum Gasteiger partial charge on any atom is -0.492 e. The van der Waals surface area contributed by atoms with Gasteiger partial charge in [-0.1, -0.05) is 0 Å². The molecule has 1 aromatic carbocycles. The third-order valence-corrected chi connectivity index (χ3v) is 5.21. The maximum Gasteiger partial charge on any atom is 0.217 e. The Morgan fingerprint density at radius 3 is 2.70 bits per heavy atom. The molecule has 0 saturated carbocycles. The molecule has 112 valence electrons. The predicted octanol–water partition coefficient (Wildman–Crippen LogP) is 0.698. The molecule has 2 rings (SSSR count). The molecule has 1 unspecified atom stereocenters. The topological polar surface area (TPSA) is 81.9 Å². The number of hydrogen-bond donors (Lipinski definition) is 1. The summed E-state index contributed by atoms with van der Waals surface area (Å²) in [6.07, 6.45) is 0.745. The van der Waals surface area contributed by atoms with Crippen LogP contribution in [0.5, 0.6) is 5.75 Å². The highest BCUT2D eigenvalue weighted by atomic mass is 32.2. The molecular weight excluding hydrogens is 280 g/mol. The number of nitrogen functional groups attached to an aromatic ring is 1. The van der Waals surface area contributed by atoms with E-state index in [0.29, 0.717) is 24.7 Å². The Labute approximate surface area is 119 Å². The Morgan fingerprint density at radius 2 is 2.10 bits per heavy atom.